The normalized spacial score (nSPS) is 13.5. The number of ether oxygens (including phenoxy) is 1. The molecule has 1 atom stereocenters. The minimum atomic E-state index is 0.405. The Balaban J connectivity index is 3.59. The minimum Gasteiger partial charge on any atom is -0.377 e. The summed E-state index contributed by atoms with van der Waals surface area (Å²) in [5, 5.41) is 0. The van der Waals surface area contributed by atoms with Crippen molar-refractivity contribution in [3.05, 3.63) is 72.9 Å². The van der Waals surface area contributed by atoms with Crippen molar-refractivity contribution in [3.8, 4) is 0 Å². The summed E-state index contributed by atoms with van der Waals surface area (Å²) in [6.45, 7) is 6.36. The molecule has 2 nitrogen and oxygen atoms in total. The summed E-state index contributed by atoms with van der Waals surface area (Å²) in [6.07, 6.45) is 58.5. The molecule has 0 aliphatic heterocycles. The van der Waals surface area contributed by atoms with Crippen molar-refractivity contribution < 1.29 is 4.74 Å². The van der Waals surface area contributed by atoms with Gasteiger partial charge in [0, 0.05) is 13.2 Å². The molecule has 0 saturated heterocycles. The van der Waals surface area contributed by atoms with E-state index in [1.807, 2.05) is 0 Å². The molecule has 0 amide bonds. The molecule has 0 aliphatic carbocycles. The lowest BCUT2D eigenvalue weighted by Crippen LogP contribution is -2.28. The summed E-state index contributed by atoms with van der Waals surface area (Å²) in [5.74, 6) is 0. The molecule has 0 spiro atoms. The molecule has 0 rings (SSSR count). The molecular formula is C43H77NO. The van der Waals surface area contributed by atoms with Gasteiger partial charge in [-0.2, -0.15) is 0 Å². The van der Waals surface area contributed by atoms with Crippen LogP contribution >= 0.6 is 0 Å². The van der Waals surface area contributed by atoms with E-state index in [0.717, 1.165) is 51.7 Å². The van der Waals surface area contributed by atoms with Crippen molar-refractivity contribution in [1.82, 2.24) is 4.90 Å². The van der Waals surface area contributed by atoms with Gasteiger partial charge in [-0.1, -0.05) is 164 Å². The van der Waals surface area contributed by atoms with Crippen molar-refractivity contribution in [3.63, 3.8) is 0 Å². The molecule has 0 fully saturated rings. The topological polar surface area (TPSA) is 12.5 Å². The Labute approximate surface area is 283 Å². The van der Waals surface area contributed by atoms with Crippen LogP contribution in [0.3, 0.4) is 0 Å². The van der Waals surface area contributed by atoms with Gasteiger partial charge in [0.1, 0.15) is 0 Å². The largest absolute Gasteiger partial charge is 0.377 e. The van der Waals surface area contributed by atoms with Crippen molar-refractivity contribution in [1.29, 1.82) is 0 Å². The standard InChI is InChI=1S/C43H77NO/c1-5-7-9-11-13-15-17-19-21-23-24-25-26-28-30-32-34-36-38-40-43(42-44(3)4)45-41-39-37-35-33-31-29-27-22-20-18-16-14-12-10-8-6-2/h7-10,13-16,19-22,43H,5-6,11-12,17-18,23-42H2,1-4H3/b9-7-,10-8-,15-13-,16-14-,21-19-,22-20-. The van der Waals surface area contributed by atoms with Crippen LogP contribution in [0.1, 0.15) is 168 Å². The lowest BCUT2D eigenvalue weighted by molar-refractivity contribution is 0.0266. The van der Waals surface area contributed by atoms with Crippen LogP contribution in [0.4, 0.5) is 0 Å². The third-order valence-electron chi connectivity index (χ3n) is 8.14. The maximum absolute atomic E-state index is 6.34. The Bertz CT molecular complexity index is 741. The molecule has 2 heteroatoms. The first-order valence-corrected chi connectivity index (χ1v) is 19.4. The summed E-state index contributed by atoms with van der Waals surface area (Å²) in [6, 6.07) is 0. The van der Waals surface area contributed by atoms with E-state index in [2.05, 4.69) is 106 Å². The number of unbranched alkanes of at least 4 members (excludes halogenated alkanes) is 15. The fraction of sp³-hybridized carbons (Fsp3) is 0.721. The average Bonchev–Trinajstić information content (AvgIpc) is 3.03. The molecule has 0 aromatic heterocycles. The van der Waals surface area contributed by atoms with Gasteiger partial charge in [0.15, 0.2) is 0 Å². The van der Waals surface area contributed by atoms with Crippen LogP contribution in [0.5, 0.6) is 0 Å². The SMILES string of the molecule is CC/C=C\C/C=C\C/C=C\CCCCCCCCCCCC(CN(C)C)OCCCCCCCC/C=C\C/C=C\C/C=C\CC. The first kappa shape index (κ1) is 43.4. The van der Waals surface area contributed by atoms with E-state index < -0.39 is 0 Å². The Kier molecular flexibility index (Phi) is 37.1. The zero-order valence-corrected chi connectivity index (χ0v) is 30.7. The maximum atomic E-state index is 6.34. The highest BCUT2D eigenvalue weighted by Gasteiger charge is 2.10. The molecule has 1 unspecified atom stereocenters. The van der Waals surface area contributed by atoms with Crippen LogP contribution in [-0.2, 0) is 4.74 Å². The second-order valence-corrected chi connectivity index (χ2v) is 13.0. The van der Waals surface area contributed by atoms with E-state index in [0.29, 0.717) is 6.10 Å². The second-order valence-electron chi connectivity index (χ2n) is 13.0. The van der Waals surface area contributed by atoms with Crippen molar-refractivity contribution in [2.24, 2.45) is 0 Å². The first-order valence-electron chi connectivity index (χ1n) is 19.4. The minimum absolute atomic E-state index is 0.405. The predicted molar refractivity (Wildman–Crippen MR) is 205 cm³/mol. The third-order valence-corrected chi connectivity index (χ3v) is 8.14. The van der Waals surface area contributed by atoms with Gasteiger partial charge in [0.25, 0.3) is 0 Å². The molecule has 0 aromatic rings. The van der Waals surface area contributed by atoms with E-state index in [-0.39, 0.29) is 0 Å². The lowest BCUT2D eigenvalue weighted by Gasteiger charge is -2.21. The van der Waals surface area contributed by atoms with Gasteiger partial charge >= 0.3 is 0 Å². The number of allylic oxidation sites excluding steroid dienone is 12. The Hall–Kier alpha value is -1.64. The van der Waals surface area contributed by atoms with Crippen LogP contribution in [0.2, 0.25) is 0 Å². The fourth-order valence-electron chi connectivity index (χ4n) is 5.48. The summed E-state index contributed by atoms with van der Waals surface area (Å²) < 4.78 is 6.34. The molecule has 0 radical (unpaired) electrons. The molecule has 0 bridgehead atoms. The summed E-state index contributed by atoms with van der Waals surface area (Å²) >= 11 is 0. The molecule has 45 heavy (non-hydrogen) atoms. The quantitative estimate of drug-likeness (QED) is 0.0522. The molecule has 0 N–H and O–H groups in total. The van der Waals surface area contributed by atoms with E-state index in [1.165, 1.54) is 116 Å². The Morgan fingerprint density at radius 3 is 1.20 bits per heavy atom. The smallest absolute Gasteiger partial charge is 0.0701 e. The van der Waals surface area contributed by atoms with Crippen molar-refractivity contribution in [2.45, 2.75) is 174 Å². The van der Waals surface area contributed by atoms with Crippen molar-refractivity contribution >= 4 is 0 Å². The first-order chi connectivity index (χ1) is 22.2. The van der Waals surface area contributed by atoms with Crippen molar-refractivity contribution in [2.75, 3.05) is 27.2 Å². The molecule has 0 aromatic carbocycles. The van der Waals surface area contributed by atoms with Gasteiger partial charge < -0.3 is 9.64 Å². The van der Waals surface area contributed by atoms with E-state index in [1.54, 1.807) is 0 Å². The van der Waals surface area contributed by atoms with Crippen LogP contribution in [0.15, 0.2) is 72.9 Å². The Morgan fingerprint density at radius 2 is 0.778 bits per heavy atom. The molecule has 260 valence electrons. The molecule has 0 saturated carbocycles. The third kappa shape index (κ3) is 38.5. The van der Waals surface area contributed by atoms with E-state index >= 15 is 0 Å². The number of rotatable bonds is 34. The van der Waals surface area contributed by atoms with Crippen LogP contribution in [0.25, 0.3) is 0 Å². The summed E-state index contributed by atoms with van der Waals surface area (Å²) in [7, 11) is 4.35. The van der Waals surface area contributed by atoms with Crippen LogP contribution < -0.4 is 0 Å². The highest BCUT2D eigenvalue weighted by molar-refractivity contribution is 4.98. The number of hydrogen-bond donors (Lipinski definition) is 0. The maximum Gasteiger partial charge on any atom is 0.0701 e. The van der Waals surface area contributed by atoms with Gasteiger partial charge in [0.2, 0.25) is 0 Å². The fourth-order valence-corrected chi connectivity index (χ4v) is 5.48. The average molecular weight is 624 g/mol. The molecule has 0 heterocycles. The predicted octanol–water partition coefficient (Wildman–Crippen LogP) is 13.7. The summed E-state index contributed by atoms with van der Waals surface area (Å²) in [4.78, 5) is 2.29. The van der Waals surface area contributed by atoms with Gasteiger partial charge in [-0.25, -0.2) is 0 Å². The van der Waals surface area contributed by atoms with Gasteiger partial charge in [-0.3, -0.25) is 0 Å². The van der Waals surface area contributed by atoms with Gasteiger partial charge in [-0.15, -0.1) is 0 Å². The van der Waals surface area contributed by atoms with Gasteiger partial charge in [0.05, 0.1) is 6.10 Å². The Morgan fingerprint density at radius 1 is 0.422 bits per heavy atom. The van der Waals surface area contributed by atoms with Gasteiger partial charge in [-0.05, 0) is 91.1 Å². The number of nitrogens with zero attached hydrogens (tertiary/aromatic N) is 1. The molecule has 0 aliphatic rings. The van der Waals surface area contributed by atoms with Crippen LogP contribution in [-0.4, -0.2) is 38.3 Å². The zero-order valence-electron chi connectivity index (χ0n) is 30.7. The summed E-state index contributed by atoms with van der Waals surface area (Å²) in [5.41, 5.74) is 0. The monoisotopic (exact) mass is 624 g/mol. The highest BCUT2D eigenvalue weighted by atomic mass is 16.5. The zero-order chi connectivity index (χ0) is 32.7. The number of likely N-dealkylation sites (N-methyl/N-ethyl adjacent to an activating group) is 1. The molecular weight excluding hydrogens is 546 g/mol. The number of hydrogen-bond acceptors (Lipinski definition) is 2. The van der Waals surface area contributed by atoms with Crippen LogP contribution in [0, 0.1) is 0 Å². The lowest BCUT2D eigenvalue weighted by atomic mass is 10.0. The second kappa shape index (κ2) is 38.5. The van der Waals surface area contributed by atoms with E-state index in [4.69, 9.17) is 4.74 Å². The van der Waals surface area contributed by atoms with E-state index in [9.17, 15) is 0 Å². The highest BCUT2D eigenvalue weighted by Crippen LogP contribution is 2.15.